The van der Waals surface area contributed by atoms with Gasteiger partial charge < -0.3 is 4.74 Å². The SMILES string of the molecule is O=C(COc1ccc(F)cc1Cl)NNC(=O)c1ccc(Cl)cc1. The minimum Gasteiger partial charge on any atom is -0.482 e. The molecule has 0 saturated carbocycles. The van der Waals surface area contributed by atoms with Gasteiger partial charge in [0.2, 0.25) is 0 Å². The molecule has 0 radical (unpaired) electrons. The van der Waals surface area contributed by atoms with E-state index in [4.69, 9.17) is 27.9 Å². The summed E-state index contributed by atoms with van der Waals surface area (Å²) in [4.78, 5) is 23.3. The van der Waals surface area contributed by atoms with Crippen LogP contribution in [0.25, 0.3) is 0 Å². The lowest BCUT2D eigenvalue weighted by atomic mass is 10.2. The molecule has 0 aliphatic heterocycles. The zero-order chi connectivity index (χ0) is 16.8. The number of carbonyl (C=O) groups is 2. The largest absolute Gasteiger partial charge is 0.482 e. The van der Waals surface area contributed by atoms with Crippen molar-refractivity contribution >= 4 is 35.0 Å². The quantitative estimate of drug-likeness (QED) is 0.827. The second-order valence-electron chi connectivity index (χ2n) is 4.37. The first-order chi connectivity index (χ1) is 11.0. The zero-order valence-electron chi connectivity index (χ0n) is 11.6. The van der Waals surface area contributed by atoms with E-state index < -0.39 is 24.2 Å². The number of carbonyl (C=O) groups excluding carboxylic acids is 2. The molecular formula is C15H11Cl2FN2O3. The summed E-state index contributed by atoms with van der Waals surface area (Å²) < 4.78 is 18.0. The van der Waals surface area contributed by atoms with Gasteiger partial charge in [-0.3, -0.25) is 20.4 Å². The second kappa shape index (κ2) is 7.80. The van der Waals surface area contributed by atoms with Gasteiger partial charge in [-0.05, 0) is 42.5 Å². The minimum absolute atomic E-state index is 0.0444. The molecule has 2 aromatic carbocycles. The summed E-state index contributed by atoms with van der Waals surface area (Å²) in [6.45, 7) is -0.397. The molecule has 2 amide bonds. The average Bonchev–Trinajstić information content (AvgIpc) is 2.52. The Hall–Kier alpha value is -2.31. The van der Waals surface area contributed by atoms with Crippen molar-refractivity contribution in [3.8, 4) is 5.75 Å². The maximum atomic E-state index is 12.9. The fourth-order valence-electron chi connectivity index (χ4n) is 1.57. The van der Waals surface area contributed by atoms with Crippen LogP contribution in [-0.4, -0.2) is 18.4 Å². The van der Waals surface area contributed by atoms with Crippen LogP contribution in [0.4, 0.5) is 4.39 Å². The number of rotatable bonds is 4. The topological polar surface area (TPSA) is 67.4 Å². The van der Waals surface area contributed by atoms with Gasteiger partial charge in [-0.2, -0.15) is 0 Å². The molecule has 0 aromatic heterocycles. The summed E-state index contributed by atoms with van der Waals surface area (Å²) in [7, 11) is 0. The van der Waals surface area contributed by atoms with E-state index in [1.165, 1.54) is 18.2 Å². The number of hydrazine groups is 1. The first kappa shape index (κ1) is 17.1. The average molecular weight is 357 g/mol. The van der Waals surface area contributed by atoms with Crippen molar-refractivity contribution in [1.29, 1.82) is 0 Å². The molecular weight excluding hydrogens is 346 g/mol. The number of hydrogen-bond donors (Lipinski definition) is 2. The van der Waals surface area contributed by atoms with E-state index in [1.807, 2.05) is 0 Å². The highest BCUT2D eigenvalue weighted by Crippen LogP contribution is 2.24. The van der Waals surface area contributed by atoms with Gasteiger partial charge >= 0.3 is 0 Å². The van der Waals surface area contributed by atoms with Gasteiger partial charge in [0.25, 0.3) is 11.8 Å². The Kier molecular flexibility index (Phi) is 5.78. The van der Waals surface area contributed by atoms with E-state index in [9.17, 15) is 14.0 Å². The molecule has 0 bridgehead atoms. The van der Waals surface area contributed by atoms with Crippen LogP contribution in [0.5, 0.6) is 5.75 Å². The predicted molar refractivity (Wildman–Crippen MR) is 84.0 cm³/mol. The van der Waals surface area contributed by atoms with E-state index in [0.717, 1.165) is 12.1 Å². The van der Waals surface area contributed by atoms with Gasteiger partial charge in [0.1, 0.15) is 11.6 Å². The third kappa shape index (κ3) is 5.12. The summed E-state index contributed by atoms with van der Waals surface area (Å²) in [5.41, 5.74) is 4.74. The first-order valence-electron chi connectivity index (χ1n) is 6.38. The van der Waals surface area contributed by atoms with E-state index in [0.29, 0.717) is 10.6 Å². The Bertz CT molecular complexity index is 723. The van der Waals surface area contributed by atoms with Crippen molar-refractivity contribution < 1.29 is 18.7 Å². The molecule has 0 spiro atoms. The summed E-state index contributed by atoms with van der Waals surface area (Å²) in [6.07, 6.45) is 0. The standard InChI is InChI=1S/C15H11Cl2FN2O3/c16-10-3-1-9(2-4-10)15(22)20-19-14(21)8-23-13-6-5-11(18)7-12(13)17/h1-7H,8H2,(H,19,21)(H,20,22). The molecule has 0 atom stereocenters. The fourth-order valence-corrected chi connectivity index (χ4v) is 1.92. The Labute approximate surface area is 141 Å². The first-order valence-corrected chi connectivity index (χ1v) is 7.14. The van der Waals surface area contributed by atoms with Crippen molar-refractivity contribution in [2.24, 2.45) is 0 Å². The Morgan fingerprint density at radius 1 is 1.04 bits per heavy atom. The summed E-state index contributed by atoms with van der Waals surface area (Å²) in [5, 5.41) is 0.540. The van der Waals surface area contributed by atoms with E-state index >= 15 is 0 Å². The highest BCUT2D eigenvalue weighted by atomic mass is 35.5. The zero-order valence-corrected chi connectivity index (χ0v) is 13.1. The van der Waals surface area contributed by atoms with Crippen molar-refractivity contribution in [1.82, 2.24) is 10.9 Å². The lowest BCUT2D eigenvalue weighted by Crippen LogP contribution is -2.43. The molecule has 0 saturated heterocycles. The number of benzene rings is 2. The molecule has 0 heterocycles. The molecule has 0 aliphatic rings. The molecule has 0 unspecified atom stereocenters. The number of halogens is 3. The Morgan fingerprint density at radius 3 is 2.39 bits per heavy atom. The maximum Gasteiger partial charge on any atom is 0.276 e. The number of hydrogen-bond acceptors (Lipinski definition) is 3. The highest BCUT2D eigenvalue weighted by molar-refractivity contribution is 6.32. The van der Waals surface area contributed by atoms with Crippen LogP contribution in [0.15, 0.2) is 42.5 Å². The molecule has 5 nitrogen and oxygen atoms in total. The van der Waals surface area contributed by atoms with Crippen LogP contribution < -0.4 is 15.6 Å². The highest BCUT2D eigenvalue weighted by Gasteiger charge is 2.09. The molecule has 2 rings (SSSR count). The number of ether oxygens (including phenoxy) is 1. The van der Waals surface area contributed by atoms with Gasteiger partial charge in [0.05, 0.1) is 5.02 Å². The normalized spacial score (nSPS) is 10.0. The van der Waals surface area contributed by atoms with Gasteiger partial charge in [0.15, 0.2) is 6.61 Å². The van der Waals surface area contributed by atoms with Crippen LogP contribution in [0, 0.1) is 5.82 Å². The van der Waals surface area contributed by atoms with Crippen LogP contribution >= 0.6 is 23.2 Å². The Balaban J connectivity index is 1.81. The number of amides is 2. The van der Waals surface area contributed by atoms with E-state index in [-0.39, 0.29) is 10.8 Å². The third-order valence-electron chi connectivity index (χ3n) is 2.67. The van der Waals surface area contributed by atoms with Gasteiger partial charge in [-0.25, -0.2) is 4.39 Å². The lowest BCUT2D eigenvalue weighted by molar-refractivity contribution is -0.123. The molecule has 2 aromatic rings. The molecule has 23 heavy (non-hydrogen) atoms. The second-order valence-corrected chi connectivity index (χ2v) is 5.22. The van der Waals surface area contributed by atoms with Crippen molar-refractivity contribution in [3.63, 3.8) is 0 Å². The Morgan fingerprint density at radius 2 is 1.74 bits per heavy atom. The summed E-state index contributed by atoms with van der Waals surface area (Å²) >= 11 is 11.5. The minimum atomic E-state index is -0.604. The molecule has 0 fully saturated rings. The van der Waals surface area contributed by atoms with Gasteiger partial charge in [-0.15, -0.1) is 0 Å². The van der Waals surface area contributed by atoms with E-state index in [1.54, 1.807) is 12.1 Å². The molecule has 2 N–H and O–H groups in total. The van der Waals surface area contributed by atoms with Crippen LogP contribution in [0.3, 0.4) is 0 Å². The molecule has 8 heteroatoms. The predicted octanol–water partition coefficient (Wildman–Crippen LogP) is 2.97. The monoisotopic (exact) mass is 356 g/mol. The lowest BCUT2D eigenvalue weighted by Gasteiger charge is -2.09. The molecule has 0 aliphatic carbocycles. The van der Waals surface area contributed by atoms with Gasteiger partial charge in [-0.1, -0.05) is 23.2 Å². The van der Waals surface area contributed by atoms with Crippen molar-refractivity contribution in [2.45, 2.75) is 0 Å². The smallest absolute Gasteiger partial charge is 0.276 e. The van der Waals surface area contributed by atoms with Crippen molar-refractivity contribution in [3.05, 3.63) is 63.9 Å². The summed E-state index contributed by atoms with van der Waals surface area (Å²) in [6, 6.07) is 9.66. The maximum absolute atomic E-state index is 12.9. The van der Waals surface area contributed by atoms with E-state index in [2.05, 4.69) is 10.9 Å². The number of nitrogens with one attached hydrogen (secondary N) is 2. The summed E-state index contributed by atoms with van der Waals surface area (Å²) in [5.74, 6) is -1.46. The third-order valence-corrected chi connectivity index (χ3v) is 3.22. The fraction of sp³-hybridized carbons (Fsp3) is 0.0667. The van der Waals surface area contributed by atoms with Gasteiger partial charge in [0, 0.05) is 10.6 Å². The van der Waals surface area contributed by atoms with Crippen LogP contribution in [0.2, 0.25) is 10.0 Å². The van der Waals surface area contributed by atoms with Crippen molar-refractivity contribution in [2.75, 3.05) is 6.61 Å². The molecule has 120 valence electrons. The van der Waals surface area contributed by atoms with Crippen LogP contribution in [-0.2, 0) is 4.79 Å². The van der Waals surface area contributed by atoms with Crippen LogP contribution in [0.1, 0.15) is 10.4 Å².